The van der Waals surface area contributed by atoms with Crippen molar-refractivity contribution in [3.8, 4) is 0 Å². The van der Waals surface area contributed by atoms with Gasteiger partial charge in [-0.2, -0.15) is 0 Å². The number of anilines is 1. The highest BCUT2D eigenvalue weighted by atomic mass is 35.5. The maximum atomic E-state index is 14.0. The third kappa shape index (κ3) is 8.35. The van der Waals surface area contributed by atoms with E-state index in [1.54, 1.807) is 37.3 Å². The lowest BCUT2D eigenvalue weighted by molar-refractivity contribution is -0.140. The number of nitrogens with one attached hydrogen (secondary N) is 1. The third-order valence-corrected chi connectivity index (χ3v) is 8.89. The van der Waals surface area contributed by atoms with Crippen molar-refractivity contribution in [1.29, 1.82) is 0 Å². The molecule has 0 saturated heterocycles. The predicted molar refractivity (Wildman–Crippen MR) is 161 cm³/mol. The lowest BCUT2D eigenvalue weighted by Gasteiger charge is -2.33. The smallest absolute Gasteiger partial charge is 0.264 e. The summed E-state index contributed by atoms with van der Waals surface area (Å²) in [4.78, 5) is 28.5. The van der Waals surface area contributed by atoms with Crippen molar-refractivity contribution in [3.05, 3.63) is 93.2 Å². The molecule has 12 heteroatoms. The fourth-order valence-electron chi connectivity index (χ4n) is 4.06. The maximum absolute atomic E-state index is 14.0. The molecular weight excluding hydrogens is 612 g/mol. The van der Waals surface area contributed by atoms with E-state index in [-0.39, 0.29) is 45.4 Å². The number of carbonyl (C=O) groups excluding carboxylic acids is 2. The molecule has 3 aromatic carbocycles. The first-order chi connectivity index (χ1) is 19.3. The summed E-state index contributed by atoms with van der Waals surface area (Å²) in [5.74, 6) is -1.64. The normalized spacial score (nSPS) is 12.2. The number of sulfonamides is 1. The van der Waals surface area contributed by atoms with Crippen molar-refractivity contribution < 1.29 is 22.4 Å². The van der Waals surface area contributed by atoms with Gasteiger partial charge in [-0.05, 0) is 60.4 Å². The second-order valence-electron chi connectivity index (χ2n) is 9.74. The largest absolute Gasteiger partial charge is 0.354 e. The van der Waals surface area contributed by atoms with E-state index < -0.39 is 34.3 Å². The molecule has 1 N–H and O–H groups in total. The summed E-state index contributed by atoms with van der Waals surface area (Å²) in [6, 6.07) is 14.7. The van der Waals surface area contributed by atoms with Crippen LogP contribution in [-0.4, -0.2) is 44.3 Å². The SMILES string of the molecule is CC[C@H](C(=O)NCC(C)C)N(Cc1ccc(Cl)cc1Cl)C(=O)CN(c1ccc(F)c(Cl)c1)S(=O)(=O)c1ccccc1. The summed E-state index contributed by atoms with van der Waals surface area (Å²) in [6.45, 7) is 5.24. The Morgan fingerprint density at radius 3 is 2.22 bits per heavy atom. The molecule has 3 rings (SSSR count). The van der Waals surface area contributed by atoms with Crippen molar-refractivity contribution in [2.45, 2.75) is 44.7 Å². The van der Waals surface area contributed by atoms with E-state index in [1.807, 2.05) is 13.8 Å². The van der Waals surface area contributed by atoms with E-state index in [9.17, 15) is 22.4 Å². The lowest BCUT2D eigenvalue weighted by Crippen LogP contribution is -2.52. The van der Waals surface area contributed by atoms with Gasteiger partial charge in [0.25, 0.3) is 10.0 Å². The van der Waals surface area contributed by atoms with Crippen LogP contribution in [0.15, 0.2) is 71.6 Å². The van der Waals surface area contributed by atoms with Gasteiger partial charge in [0.1, 0.15) is 18.4 Å². The van der Waals surface area contributed by atoms with Gasteiger partial charge in [-0.3, -0.25) is 13.9 Å². The molecule has 0 unspecified atom stereocenters. The Bertz CT molecular complexity index is 1490. The molecule has 41 heavy (non-hydrogen) atoms. The van der Waals surface area contributed by atoms with Crippen LogP contribution in [0.3, 0.4) is 0 Å². The minimum atomic E-state index is -4.31. The van der Waals surface area contributed by atoms with Crippen LogP contribution in [-0.2, 0) is 26.2 Å². The summed E-state index contributed by atoms with van der Waals surface area (Å²) in [5, 5.41) is 3.22. The van der Waals surface area contributed by atoms with E-state index in [0.29, 0.717) is 17.1 Å². The number of amides is 2. The van der Waals surface area contributed by atoms with E-state index in [4.69, 9.17) is 34.8 Å². The molecule has 0 aliphatic heterocycles. The van der Waals surface area contributed by atoms with Crippen LogP contribution < -0.4 is 9.62 Å². The summed E-state index contributed by atoms with van der Waals surface area (Å²) < 4.78 is 42.4. The molecule has 0 aliphatic carbocycles. The Labute approximate surface area is 255 Å². The van der Waals surface area contributed by atoms with Crippen molar-refractivity contribution in [3.63, 3.8) is 0 Å². The Balaban J connectivity index is 2.08. The summed E-state index contributed by atoms with van der Waals surface area (Å²) in [6.07, 6.45) is 0.245. The fourth-order valence-corrected chi connectivity index (χ4v) is 6.13. The molecular formula is C29H31Cl3FN3O4S. The highest BCUT2D eigenvalue weighted by Gasteiger charge is 2.34. The molecule has 0 saturated carbocycles. The topological polar surface area (TPSA) is 86.8 Å². The summed E-state index contributed by atoms with van der Waals surface area (Å²) in [5.41, 5.74) is 0.497. The van der Waals surface area contributed by atoms with E-state index in [0.717, 1.165) is 16.4 Å². The fraction of sp³-hybridized carbons (Fsp3) is 0.310. The molecule has 1 atom stereocenters. The predicted octanol–water partition coefficient (Wildman–Crippen LogP) is 6.56. The van der Waals surface area contributed by atoms with Gasteiger partial charge in [0.05, 0.1) is 15.6 Å². The maximum Gasteiger partial charge on any atom is 0.264 e. The van der Waals surface area contributed by atoms with Gasteiger partial charge in [0.2, 0.25) is 11.8 Å². The molecule has 0 spiro atoms. The van der Waals surface area contributed by atoms with Gasteiger partial charge < -0.3 is 10.2 Å². The van der Waals surface area contributed by atoms with E-state index in [2.05, 4.69) is 5.32 Å². The molecule has 220 valence electrons. The first kappa shape index (κ1) is 32.7. The standard InChI is InChI=1S/C29H31Cl3FN3O4S/c1-4-27(29(38)34-16-19(2)3)35(17-20-10-11-21(30)14-24(20)31)28(37)18-36(22-12-13-26(33)25(32)15-22)41(39,40)23-8-6-5-7-9-23/h5-15,19,27H,4,16-18H2,1-3H3,(H,34,38)/t27-/m1/s1. The van der Waals surface area contributed by atoms with Gasteiger partial charge in [0.15, 0.2) is 0 Å². The number of benzene rings is 3. The van der Waals surface area contributed by atoms with Crippen LogP contribution in [0.4, 0.5) is 10.1 Å². The third-order valence-electron chi connectivity index (χ3n) is 6.23. The molecule has 0 fully saturated rings. The van der Waals surface area contributed by atoms with Crippen molar-refractivity contribution in [2.75, 3.05) is 17.4 Å². The average molecular weight is 643 g/mol. The molecule has 0 bridgehead atoms. The van der Waals surface area contributed by atoms with Crippen molar-refractivity contribution >= 4 is 62.3 Å². The molecule has 0 aliphatic rings. The van der Waals surface area contributed by atoms with Gasteiger partial charge >= 0.3 is 0 Å². The number of carbonyl (C=O) groups is 2. The van der Waals surface area contributed by atoms with Gasteiger partial charge in [-0.25, -0.2) is 12.8 Å². The Morgan fingerprint density at radius 1 is 0.951 bits per heavy atom. The molecule has 7 nitrogen and oxygen atoms in total. The first-order valence-electron chi connectivity index (χ1n) is 12.9. The average Bonchev–Trinajstić information content (AvgIpc) is 2.93. The van der Waals surface area contributed by atoms with Crippen LogP contribution in [0.5, 0.6) is 0 Å². The van der Waals surface area contributed by atoms with Gasteiger partial charge in [-0.1, -0.05) is 79.8 Å². The molecule has 2 amide bonds. The summed E-state index contributed by atoms with van der Waals surface area (Å²) >= 11 is 18.5. The lowest BCUT2D eigenvalue weighted by atomic mass is 10.1. The number of rotatable bonds is 12. The zero-order chi connectivity index (χ0) is 30.3. The van der Waals surface area contributed by atoms with Gasteiger partial charge in [-0.15, -0.1) is 0 Å². The first-order valence-corrected chi connectivity index (χ1v) is 15.5. The Kier molecular flexibility index (Phi) is 11.4. The van der Waals surface area contributed by atoms with Crippen LogP contribution in [0, 0.1) is 11.7 Å². The molecule has 0 radical (unpaired) electrons. The second kappa shape index (κ2) is 14.4. The van der Waals surface area contributed by atoms with Crippen molar-refractivity contribution in [1.82, 2.24) is 10.2 Å². The van der Waals surface area contributed by atoms with Crippen molar-refractivity contribution in [2.24, 2.45) is 5.92 Å². The minimum Gasteiger partial charge on any atom is -0.354 e. The van der Waals surface area contributed by atoms with E-state index in [1.165, 1.54) is 29.2 Å². The highest BCUT2D eigenvalue weighted by molar-refractivity contribution is 7.92. The Morgan fingerprint density at radius 2 is 1.63 bits per heavy atom. The van der Waals surface area contributed by atoms with Crippen LogP contribution in [0.1, 0.15) is 32.8 Å². The number of halogens is 4. The molecule has 3 aromatic rings. The zero-order valence-corrected chi connectivity index (χ0v) is 25.9. The quantitative estimate of drug-likeness (QED) is 0.243. The van der Waals surface area contributed by atoms with E-state index >= 15 is 0 Å². The number of hydrogen-bond acceptors (Lipinski definition) is 4. The summed E-state index contributed by atoms with van der Waals surface area (Å²) in [7, 11) is -4.31. The monoisotopic (exact) mass is 641 g/mol. The van der Waals surface area contributed by atoms with Crippen LogP contribution >= 0.6 is 34.8 Å². The minimum absolute atomic E-state index is 0.0182. The molecule has 0 heterocycles. The van der Waals surface area contributed by atoms with Crippen LogP contribution in [0.25, 0.3) is 0 Å². The number of hydrogen-bond donors (Lipinski definition) is 1. The van der Waals surface area contributed by atoms with Gasteiger partial charge in [0, 0.05) is 23.1 Å². The number of nitrogens with zero attached hydrogens (tertiary/aromatic N) is 2. The van der Waals surface area contributed by atoms with Crippen LogP contribution in [0.2, 0.25) is 15.1 Å². The molecule has 0 aromatic heterocycles. The Hall–Kier alpha value is -2.85. The second-order valence-corrected chi connectivity index (χ2v) is 12.9. The zero-order valence-electron chi connectivity index (χ0n) is 22.8. The highest BCUT2D eigenvalue weighted by Crippen LogP contribution is 2.29.